The molecule has 0 fully saturated rings. The van der Waals surface area contributed by atoms with Crippen molar-refractivity contribution in [3.63, 3.8) is 0 Å². The summed E-state index contributed by atoms with van der Waals surface area (Å²) in [7, 11) is 0. The van der Waals surface area contributed by atoms with Crippen molar-refractivity contribution in [2.75, 3.05) is 12.3 Å². The minimum atomic E-state index is -0.969. The Morgan fingerprint density at radius 2 is 2.10 bits per heavy atom. The molecule has 9 heteroatoms. The van der Waals surface area contributed by atoms with Gasteiger partial charge in [0.25, 0.3) is 11.6 Å². The van der Waals surface area contributed by atoms with E-state index in [1.54, 1.807) is 13.8 Å². The molecule has 5 N–H and O–H groups in total. The molecule has 0 unspecified atom stereocenters. The molecule has 0 aromatic carbocycles. The molecule has 0 aliphatic carbocycles. The van der Waals surface area contributed by atoms with E-state index in [1.165, 1.54) is 0 Å². The van der Waals surface area contributed by atoms with Gasteiger partial charge in [0.15, 0.2) is 0 Å². The number of nitrogen functional groups attached to an aromatic ring is 1. The van der Waals surface area contributed by atoms with Crippen LogP contribution in [0.4, 0.5) is 11.5 Å². The Kier molecular flexibility index (Phi) is 4.23. The van der Waals surface area contributed by atoms with Gasteiger partial charge in [0, 0.05) is 6.54 Å². The van der Waals surface area contributed by atoms with Crippen LogP contribution in [0, 0.1) is 15.5 Å². The fourth-order valence-corrected chi connectivity index (χ4v) is 1.28. The molecule has 1 aromatic heterocycles. The van der Waals surface area contributed by atoms with Crippen LogP contribution >= 0.6 is 0 Å². The zero-order valence-corrected chi connectivity index (χ0v) is 11.0. The highest BCUT2D eigenvalue weighted by molar-refractivity contribution is 5.98. The maximum atomic E-state index is 11.9. The zero-order chi connectivity index (χ0) is 15.5. The zero-order valence-electron chi connectivity index (χ0n) is 11.0. The number of nitrogens with one attached hydrogen (secondary N) is 1. The molecule has 0 bridgehead atoms. The van der Waals surface area contributed by atoms with E-state index in [0.717, 1.165) is 12.3 Å². The minimum Gasteiger partial charge on any atom is -0.384 e. The lowest BCUT2D eigenvalue weighted by Crippen LogP contribution is -2.42. The summed E-state index contributed by atoms with van der Waals surface area (Å²) >= 11 is 0. The lowest BCUT2D eigenvalue weighted by molar-refractivity contribution is -0.385. The number of amides is 2. The Labute approximate surface area is 114 Å². The molecule has 0 atom stereocenters. The van der Waals surface area contributed by atoms with Crippen LogP contribution in [0.1, 0.15) is 24.2 Å². The predicted molar refractivity (Wildman–Crippen MR) is 70.6 cm³/mol. The van der Waals surface area contributed by atoms with Gasteiger partial charge in [0.2, 0.25) is 5.91 Å². The molecular formula is C11H15N5O4. The second kappa shape index (κ2) is 5.51. The number of primary amides is 1. The van der Waals surface area contributed by atoms with E-state index in [-0.39, 0.29) is 17.9 Å². The molecule has 1 heterocycles. The van der Waals surface area contributed by atoms with Crippen LogP contribution in [-0.2, 0) is 4.79 Å². The van der Waals surface area contributed by atoms with Crippen molar-refractivity contribution in [1.82, 2.24) is 10.3 Å². The van der Waals surface area contributed by atoms with Gasteiger partial charge in [-0.25, -0.2) is 4.98 Å². The lowest BCUT2D eigenvalue weighted by atomic mass is 9.92. The van der Waals surface area contributed by atoms with E-state index < -0.39 is 27.8 Å². The first kappa shape index (κ1) is 15.3. The molecule has 9 nitrogen and oxygen atoms in total. The van der Waals surface area contributed by atoms with E-state index in [0.29, 0.717) is 0 Å². The third kappa shape index (κ3) is 3.40. The number of aromatic nitrogens is 1. The number of nitrogens with zero attached hydrogens (tertiary/aromatic N) is 2. The normalized spacial score (nSPS) is 10.9. The van der Waals surface area contributed by atoms with Gasteiger partial charge in [-0.1, -0.05) is 0 Å². The van der Waals surface area contributed by atoms with Gasteiger partial charge in [0.05, 0.1) is 10.3 Å². The largest absolute Gasteiger partial charge is 0.384 e. The summed E-state index contributed by atoms with van der Waals surface area (Å²) in [6.45, 7) is 3.04. The summed E-state index contributed by atoms with van der Waals surface area (Å²) < 4.78 is 0. The fourth-order valence-electron chi connectivity index (χ4n) is 1.28. The van der Waals surface area contributed by atoms with Gasteiger partial charge in [-0.05, 0) is 19.9 Å². The number of carbonyl (C=O) groups is 2. The summed E-state index contributed by atoms with van der Waals surface area (Å²) in [4.78, 5) is 36.7. The molecule has 20 heavy (non-hydrogen) atoms. The Balaban J connectivity index is 2.96. The second-order valence-corrected chi connectivity index (χ2v) is 4.81. The first-order valence-corrected chi connectivity index (χ1v) is 5.63. The summed E-state index contributed by atoms with van der Waals surface area (Å²) in [5.74, 6) is -1.34. The Bertz CT molecular complexity index is 570. The van der Waals surface area contributed by atoms with Crippen molar-refractivity contribution in [3.8, 4) is 0 Å². The van der Waals surface area contributed by atoms with Crippen LogP contribution in [-0.4, -0.2) is 28.3 Å². The smallest absolute Gasteiger partial charge is 0.300 e. The quantitative estimate of drug-likeness (QED) is 0.502. The highest BCUT2D eigenvalue weighted by atomic mass is 16.6. The molecule has 0 aliphatic heterocycles. The summed E-state index contributed by atoms with van der Waals surface area (Å²) in [5.41, 5.74) is 8.92. The third-order valence-corrected chi connectivity index (χ3v) is 2.70. The molecule has 108 valence electrons. The standard InChI is InChI=1S/C11H15N5O4/c1-11(2,10(13)18)5-15-9(17)6-3-8(12)14-4-7(6)16(19)20/h3-4H,5H2,1-2H3,(H2,12,14)(H2,13,18)(H,15,17). The molecular weight excluding hydrogens is 266 g/mol. The Morgan fingerprint density at radius 1 is 1.50 bits per heavy atom. The first-order valence-electron chi connectivity index (χ1n) is 5.63. The number of pyridine rings is 1. The number of carbonyl (C=O) groups excluding carboxylic acids is 2. The molecule has 0 radical (unpaired) electrons. The molecule has 0 saturated carbocycles. The average molecular weight is 281 g/mol. The maximum absolute atomic E-state index is 11.9. The van der Waals surface area contributed by atoms with Crippen molar-refractivity contribution >= 4 is 23.3 Å². The van der Waals surface area contributed by atoms with E-state index >= 15 is 0 Å². The number of hydrogen-bond donors (Lipinski definition) is 3. The number of nitrogens with two attached hydrogens (primary N) is 2. The number of nitro groups is 1. The van der Waals surface area contributed by atoms with Crippen molar-refractivity contribution in [1.29, 1.82) is 0 Å². The van der Waals surface area contributed by atoms with Gasteiger partial charge in [-0.3, -0.25) is 19.7 Å². The molecule has 1 rings (SSSR count). The van der Waals surface area contributed by atoms with Gasteiger partial charge in [-0.2, -0.15) is 0 Å². The van der Waals surface area contributed by atoms with E-state index in [1.807, 2.05) is 0 Å². The van der Waals surface area contributed by atoms with Crippen LogP contribution in [0.5, 0.6) is 0 Å². The van der Waals surface area contributed by atoms with Crippen LogP contribution in [0.3, 0.4) is 0 Å². The number of anilines is 1. The van der Waals surface area contributed by atoms with E-state index in [2.05, 4.69) is 10.3 Å². The van der Waals surface area contributed by atoms with Crippen LogP contribution in [0.25, 0.3) is 0 Å². The minimum absolute atomic E-state index is 0.0186. The van der Waals surface area contributed by atoms with Crippen molar-refractivity contribution in [2.45, 2.75) is 13.8 Å². The molecule has 0 spiro atoms. The monoisotopic (exact) mass is 281 g/mol. The highest BCUT2D eigenvalue weighted by Gasteiger charge is 2.27. The van der Waals surface area contributed by atoms with Gasteiger partial charge in [0.1, 0.15) is 17.6 Å². The van der Waals surface area contributed by atoms with Gasteiger partial charge >= 0.3 is 0 Å². The molecule has 0 aliphatic rings. The lowest BCUT2D eigenvalue weighted by Gasteiger charge is -2.20. The van der Waals surface area contributed by atoms with Crippen LogP contribution in [0.15, 0.2) is 12.3 Å². The summed E-state index contributed by atoms with van der Waals surface area (Å²) in [6, 6.07) is 1.10. The first-order chi connectivity index (χ1) is 9.15. The summed E-state index contributed by atoms with van der Waals surface area (Å²) in [5, 5.41) is 13.2. The molecule has 0 saturated heterocycles. The van der Waals surface area contributed by atoms with Crippen LogP contribution in [0.2, 0.25) is 0 Å². The third-order valence-electron chi connectivity index (χ3n) is 2.70. The van der Waals surface area contributed by atoms with Gasteiger partial charge < -0.3 is 16.8 Å². The SMILES string of the molecule is CC(C)(CNC(=O)c1cc(N)ncc1[N+](=O)[O-])C(N)=O. The van der Waals surface area contributed by atoms with Crippen molar-refractivity contribution in [2.24, 2.45) is 11.1 Å². The highest BCUT2D eigenvalue weighted by Crippen LogP contribution is 2.19. The number of rotatable bonds is 5. The predicted octanol–water partition coefficient (Wildman–Crippen LogP) is -0.187. The second-order valence-electron chi connectivity index (χ2n) is 4.81. The summed E-state index contributed by atoms with van der Waals surface area (Å²) in [6.07, 6.45) is 0.906. The fraction of sp³-hybridized carbons (Fsp3) is 0.364. The van der Waals surface area contributed by atoms with Crippen molar-refractivity contribution in [3.05, 3.63) is 27.9 Å². The Morgan fingerprint density at radius 3 is 2.60 bits per heavy atom. The molecule has 1 aromatic rings. The average Bonchev–Trinajstić information content (AvgIpc) is 2.35. The van der Waals surface area contributed by atoms with E-state index in [9.17, 15) is 19.7 Å². The molecule has 2 amide bonds. The van der Waals surface area contributed by atoms with Crippen molar-refractivity contribution < 1.29 is 14.5 Å². The Hall–Kier alpha value is -2.71. The maximum Gasteiger partial charge on any atom is 0.300 e. The number of hydrogen-bond acceptors (Lipinski definition) is 6. The van der Waals surface area contributed by atoms with Gasteiger partial charge in [-0.15, -0.1) is 0 Å². The van der Waals surface area contributed by atoms with E-state index in [4.69, 9.17) is 11.5 Å². The topological polar surface area (TPSA) is 154 Å². The van der Waals surface area contributed by atoms with Crippen LogP contribution < -0.4 is 16.8 Å².